The predicted molar refractivity (Wildman–Crippen MR) is 92.7 cm³/mol. The third-order valence-corrected chi connectivity index (χ3v) is 6.52. The molecule has 0 N–H and O–H groups in total. The highest BCUT2D eigenvalue weighted by atomic mass is 35.5. The number of halogens is 2. The van der Waals surface area contributed by atoms with Gasteiger partial charge in [0.15, 0.2) is 15.6 Å². The number of amides is 1. The highest BCUT2D eigenvalue weighted by Crippen LogP contribution is 2.32. The highest BCUT2D eigenvalue weighted by Gasteiger charge is 2.37. The van der Waals surface area contributed by atoms with Crippen LogP contribution >= 0.6 is 23.2 Å². The second-order valence-electron chi connectivity index (χ2n) is 5.78. The summed E-state index contributed by atoms with van der Waals surface area (Å²) in [6.45, 7) is 0. The molecule has 0 bridgehead atoms. The topological polar surface area (TPSA) is 93.1 Å². The van der Waals surface area contributed by atoms with Gasteiger partial charge in [-0.05, 0) is 18.6 Å². The lowest BCUT2D eigenvalue weighted by Crippen LogP contribution is -2.42. The molecule has 1 fully saturated rings. The molecule has 1 aromatic rings. The molecule has 0 saturated carbocycles. The normalized spacial score (nSPS) is 22.6. The number of esters is 1. The standard InChI is InChI=1S/C15H14Cl2N2O5S/c16-10-2-1-3-12(14(10)17)24-15(21)11-4-5-13(20)19(18-11)9-6-7-25(22,23)8-9/h1-3,9H,4-8H2/t9-/m0/s1. The van der Waals surface area contributed by atoms with Gasteiger partial charge < -0.3 is 4.74 Å². The Balaban J connectivity index is 1.79. The fourth-order valence-electron chi connectivity index (χ4n) is 2.69. The van der Waals surface area contributed by atoms with E-state index in [0.29, 0.717) is 6.42 Å². The number of carbonyl (C=O) groups is 2. The predicted octanol–water partition coefficient (Wildman–Crippen LogP) is 2.06. The minimum atomic E-state index is -3.18. The number of hydrogen-bond donors (Lipinski definition) is 0. The summed E-state index contributed by atoms with van der Waals surface area (Å²) in [4.78, 5) is 24.4. The molecule has 25 heavy (non-hydrogen) atoms. The molecule has 0 aromatic heterocycles. The second kappa shape index (κ2) is 6.93. The molecule has 0 unspecified atom stereocenters. The molecule has 7 nitrogen and oxygen atoms in total. The van der Waals surface area contributed by atoms with Gasteiger partial charge in [-0.15, -0.1) is 0 Å². The second-order valence-corrected chi connectivity index (χ2v) is 8.80. The van der Waals surface area contributed by atoms with Crippen LogP contribution in [0.4, 0.5) is 0 Å². The zero-order valence-corrected chi connectivity index (χ0v) is 15.3. The van der Waals surface area contributed by atoms with Crippen molar-refractivity contribution < 1.29 is 22.7 Å². The van der Waals surface area contributed by atoms with Crippen LogP contribution in [0.15, 0.2) is 23.3 Å². The van der Waals surface area contributed by atoms with Crippen LogP contribution in [-0.4, -0.2) is 48.6 Å². The van der Waals surface area contributed by atoms with Gasteiger partial charge in [-0.25, -0.2) is 18.2 Å². The Morgan fingerprint density at radius 2 is 2.04 bits per heavy atom. The smallest absolute Gasteiger partial charge is 0.359 e. The minimum Gasteiger partial charge on any atom is -0.420 e. The zero-order valence-electron chi connectivity index (χ0n) is 12.9. The molecule has 10 heteroatoms. The van der Waals surface area contributed by atoms with Crippen LogP contribution in [0.1, 0.15) is 19.3 Å². The number of sulfone groups is 1. The van der Waals surface area contributed by atoms with Crippen LogP contribution in [0.25, 0.3) is 0 Å². The largest absolute Gasteiger partial charge is 0.420 e. The van der Waals surface area contributed by atoms with Crippen molar-refractivity contribution in [3.8, 4) is 5.75 Å². The molecule has 2 heterocycles. The average Bonchev–Trinajstić information content (AvgIpc) is 2.92. The summed E-state index contributed by atoms with van der Waals surface area (Å²) in [5.41, 5.74) is 0.0416. The summed E-state index contributed by atoms with van der Waals surface area (Å²) < 4.78 is 28.4. The maximum Gasteiger partial charge on any atom is 0.359 e. The number of ether oxygens (including phenoxy) is 1. The molecule has 0 aliphatic carbocycles. The molecular formula is C15H14Cl2N2O5S. The maximum atomic E-state index is 12.3. The number of nitrogens with zero attached hydrogens (tertiary/aromatic N) is 2. The quantitative estimate of drug-likeness (QED) is 0.567. The Labute approximate surface area is 154 Å². The van der Waals surface area contributed by atoms with E-state index in [1.165, 1.54) is 6.07 Å². The van der Waals surface area contributed by atoms with Crippen molar-refractivity contribution in [2.75, 3.05) is 11.5 Å². The van der Waals surface area contributed by atoms with Gasteiger partial charge in [-0.1, -0.05) is 29.3 Å². The van der Waals surface area contributed by atoms with Crippen molar-refractivity contribution in [1.29, 1.82) is 0 Å². The summed E-state index contributed by atoms with van der Waals surface area (Å²) in [7, 11) is -3.18. The first kappa shape index (κ1) is 18.2. The summed E-state index contributed by atoms with van der Waals surface area (Å²) in [5.74, 6) is -1.10. The molecular weight excluding hydrogens is 391 g/mol. The SMILES string of the molecule is O=C(Oc1cccc(Cl)c1Cl)C1=NN([C@H]2CCS(=O)(=O)C2)C(=O)CC1. The number of benzene rings is 1. The number of carbonyl (C=O) groups excluding carboxylic acids is 2. The Kier molecular flexibility index (Phi) is 5.04. The van der Waals surface area contributed by atoms with Crippen molar-refractivity contribution in [3.63, 3.8) is 0 Å². The van der Waals surface area contributed by atoms with Crippen LogP contribution in [0.5, 0.6) is 5.75 Å². The number of rotatable bonds is 3. The van der Waals surface area contributed by atoms with Crippen LogP contribution in [0, 0.1) is 0 Å². The van der Waals surface area contributed by atoms with Gasteiger partial charge in [0.05, 0.1) is 22.6 Å². The monoisotopic (exact) mass is 404 g/mol. The van der Waals surface area contributed by atoms with Gasteiger partial charge in [0.25, 0.3) is 0 Å². The van der Waals surface area contributed by atoms with Crippen LogP contribution in [-0.2, 0) is 19.4 Å². The van der Waals surface area contributed by atoms with Crippen molar-refractivity contribution >= 4 is 50.6 Å². The summed E-state index contributed by atoms with van der Waals surface area (Å²) >= 11 is 11.9. The third-order valence-electron chi connectivity index (χ3n) is 3.97. The van der Waals surface area contributed by atoms with Gasteiger partial charge in [-0.2, -0.15) is 5.10 Å². The first-order valence-corrected chi connectivity index (χ1v) is 10.1. The molecule has 0 radical (unpaired) electrons. The van der Waals surface area contributed by atoms with Crippen molar-refractivity contribution in [2.24, 2.45) is 5.10 Å². The first-order valence-electron chi connectivity index (χ1n) is 7.53. The third kappa shape index (κ3) is 3.96. The van der Waals surface area contributed by atoms with E-state index in [9.17, 15) is 18.0 Å². The van der Waals surface area contributed by atoms with E-state index >= 15 is 0 Å². The summed E-state index contributed by atoms with van der Waals surface area (Å²) in [5, 5.41) is 5.49. The molecule has 2 aliphatic rings. The highest BCUT2D eigenvalue weighted by molar-refractivity contribution is 7.91. The van der Waals surface area contributed by atoms with E-state index < -0.39 is 21.8 Å². The van der Waals surface area contributed by atoms with Crippen molar-refractivity contribution in [1.82, 2.24) is 5.01 Å². The van der Waals surface area contributed by atoms with E-state index in [0.717, 1.165) is 5.01 Å². The number of hydrogen-bond acceptors (Lipinski definition) is 6. The van der Waals surface area contributed by atoms with Gasteiger partial charge >= 0.3 is 5.97 Å². The molecule has 3 rings (SSSR count). The zero-order chi connectivity index (χ0) is 18.2. The minimum absolute atomic E-state index is 0.00880. The van der Waals surface area contributed by atoms with Crippen molar-refractivity contribution in [2.45, 2.75) is 25.3 Å². The van der Waals surface area contributed by atoms with E-state index in [4.69, 9.17) is 27.9 Å². The molecule has 1 amide bonds. The Morgan fingerprint density at radius 1 is 1.28 bits per heavy atom. The van der Waals surface area contributed by atoms with E-state index in [1.807, 2.05) is 0 Å². The van der Waals surface area contributed by atoms with E-state index in [2.05, 4.69) is 5.10 Å². The van der Waals surface area contributed by atoms with E-state index in [-0.39, 0.29) is 51.8 Å². The Morgan fingerprint density at radius 3 is 2.72 bits per heavy atom. The average molecular weight is 405 g/mol. The molecule has 134 valence electrons. The van der Waals surface area contributed by atoms with Crippen LogP contribution in [0.2, 0.25) is 10.0 Å². The molecule has 0 spiro atoms. The van der Waals surface area contributed by atoms with Gasteiger partial charge in [-0.3, -0.25) is 4.79 Å². The fourth-order valence-corrected chi connectivity index (χ4v) is 4.72. The Hall–Kier alpha value is -1.64. The summed E-state index contributed by atoms with van der Waals surface area (Å²) in [6, 6.07) is 4.08. The molecule has 1 aromatic carbocycles. The van der Waals surface area contributed by atoms with Gasteiger partial charge in [0.2, 0.25) is 5.91 Å². The molecule has 1 saturated heterocycles. The van der Waals surface area contributed by atoms with Gasteiger partial charge in [0, 0.05) is 12.8 Å². The molecule has 2 aliphatic heterocycles. The molecule has 1 atom stereocenters. The van der Waals surface area contributed by atoms with Gasteiger partial charge in [0.1, 0.15) is 10.7 Å². The lowest BCUT2D eigenvalue weighted by molar-refractivity contribution is -0.134. The van der Waals surface area contributed by atoms with E-state index in [1.54, 1.807) is 12.1 Å². The lowest BCUT2D eigenvalue weighted by atomic mass is 10.1. The van der Waals surface area contributed by atoms with Crippen molar-refractivity contribution in [3.05, 3.63) is 28.2 Å². The first-order chi connectivity index (χ1) is 11.8. The summed E-state index contributed by atoms with van der Waals surface area (Å²) in [6.07, 6.45) is 0.486. The van der Waals surface area contributed by atoms with Crippen LogP contribution in [0.3, 0.4) is 0 Å². The van der Waals surface area contributed by atoms with Crippen LogP contribution < -0.4 is 4.74 Å². The maximum absolute atomic E-state index is 12.3. The number of hydrazone groups is 1. The Bertz CT molecular complexity index is 869. The lowest BCUT2D eigenvalue weighted by Gasteiger charge is -2.27. The fraction of sp³-hybridized carbons (Fsp3) is 0.400.